The summed E-state index contributed by atoms with van der Waals surface area (Å²) in [6.45, 7) is 4.03. The fourth-order valence-corrected chi connectivity index (χ4v) is 1.51. The molecule has 1 aromatic carbocycles. The Kier molecular flexibility index (Phi) is 2.41. The van der Waals surface area contributed by atoms with Gasteiger partial charge in [0.2, 0.25) is 5.88 Å². The number of hydrogen-bond acceptors (Lipinski definition) is 3. The first-order valence-electron chi connectivity index (χ1n) is 4.86. The predicted molar refractivity (Wildman–Crippen MR) is 56.7 cm³/mol. The third-order valence-electron chi connectivity index (χ3n) is 2.14. The number of esters is 1. The maximum absolute atomic E-state index is 11.0. The van der Waals surface area contributed by atoms with Crippen molar-refractivity contribution in [2.24, 2.45) is 0 Å². The molecule has 1 aromatic heterocycles. The first-order chi connectivity index (χ1) is 7.22. The molecule has 15 heavy (non-hydrogen) atoms. The summed E-state index contributed by atoms with van der Waals surface area (Å²) in [4.78, 5) is 11.0. The average molecular weight is 204 g/mol. The van der Waals surface area contributed by atoms with Crippen LogP contribution in [0.1, 0.15) is 13.8 Å². The zero-order chi connectivity index (χ0) is 10.8. The Morgan fingerprint density at radius 3 is 2.87 bits per heavy atom. The Balaban J connectivity index is 2.61. The van der Waals surface area contributed by atoms with Crippen LogP contribution in [0.15, 0.2) is 24.3 Å². The van der Waals surface area contributed by atoms with Crippen molar-refractivity contribution in [2.75, 3.05) is 0 Å². The van der Waals surface area contributed by atoms with Gasteiger partial charge in [0.05, 0.1) is 10.9 Å². The standard InChI is InChI=1S/C11H12N2O2/c1-3-13-11(15-8(2)14)9-6-4-5-7-10(9)12-13/h4-7H,3H2,1-2H3. The van der Waals surface area contributed by atoms with E-state index in [-0.39, 0.29) is 5.97 Å². The van der Waals surface area contributed by atoms with E-state index >= 15 is 0 Å². The van der Waals surface area contributed by atoms with E-state index in [2.05, 4.69) is 5.10 Å². The summed E-state index contributed by atoms with van der Waals surface area (Å²) in [5, 5.41) is 5.19. The second-order valence-electron chi connectivity index (χ2n) is 3.23. The van der Waals surface area contributed by atoms with Crippen LogP contribution in [0.3, 0.4) is 0 Å². The van der Waals surface area contributed by atoms with Gasteiger partial charge in [-0.1, -0.05) is 12.1 Å². The number of carbonyl (C=O) groups excluding carboxylic acids is 1. The highest BCUT2D eigenvalue weighted by Crippen LogP contribution is 2.25. The monoisotopic (exact) mass is 204 g/mol. The molecule has 0 amide bonds. The topological polar surface area (TPSA) is 44.1 Å². The van der Waals surface area contributed by atoms with Crippen molar-refractivity contribution in [2.45, 2.75) is 20.4 Å². The summed E-state index contributed by atoms with van der Waals surface area (Å²) in [6, 6.07) is 7.60. The maximum Gasteiger partial charge on any atom is 0.309 e. The molecule has 0 aliphatic heterocycles. The summed E-state index contributed by atoms with van der Waals surface area (Å²) in [5.74, 6) is 0.205. The fraction of sp³-hybridized carbons (Fsp3) is 0.273. The third kappa shape index (κ3) is 1.70. The molecule has 0 fully saturated rings. The minimum absolute atomic E-state index is 0.324. The van der Waals surface area contributed by atoms with E-state index in [1.165, 1.54) is 6.92 Å². The zero-order valence-electron chi connectivity index (χ0n) is 8.73. The molecule has 2 rings (SSSR count). The lowest BCUT2D eigenvalue weighted by Gasteiger charge is -2.03. The summed E-state index contributed by atoms with van der Waals surface area (Å²) in [5.41, 5.74) is 0.843. The Morgan fingerprint density at radius 2 is 2.20 bits per heavy atom. The van der Waals surface area contributed by atoms with Crippen molar-refractivity contribution in [3.8, 4) is 5.88 Å². The highest BCUT2D eigenvalue weighted by Gasteiger charge is 2.12. The van der Waals surface area contributed by atoms with E-state index < -0.39 is 0 Å². The normalized spacial score (nSPS) is 10.5. The molecule has 0 spiro atoms. The molecule has 4 nitrogen and oxygen atoms in total. The number of carbonyl (C=O) groups is 1. The maximum atomic E-state index is 11.0. The molecule has 0 aliphatic carbocycles. The second kappa shape index (κ2) is 3.73. The van der Waals surface area contributed by atoms with Crippen LogP contribution in [0.2, 0.25) is 0 Å². The smallest absolute Gasteiger partial charge is 0.309 e. The number of benzene rings is 1. The van der Waals surface area contributed by atoms with E-state index in [1.54, 1.807) is 4.68 Å². The quantitative estimate of drug-likeness (QED) is 0.702. The van der Waals surface area contributed by atoms with Crippen molar-refractivity contribution in [3.63, 3.8) is 0 Å². The van der Waals surface area contributed by atoms with Gasteiger partial charge in [0.1, 0.15) is 0 Å². The first-order valence-corrected chi connectivity index (χ1v) is 4.86. The van der Waals surface area contributed by atoms with Gasteiger partial charge in [-0.15, -0.1) is 0 Å². The molecular weight excluding hydrogens is 192 g/mol. The number of nitrogens with zero attached hydrogens (tertiary/aromatic N) is 2. The predicted octanol–water partition coefficient (Wildman–Crippen LogP) is 1.98. The number of aromatic nitrogens is 2. The molecule has 0 bridgehead atoms. The largest absolute Gasteiger partial charge is 0.407 e. The Bertz CT molecular complexity index is 502. The van der Waals surface area contributed by atoms with Gasteiger partial charge >= 0.3 is 5.97 Å². The van der Waals surface area contributed by atoms with E-state index in [0.29, 0.717) is 12.4 Å². The number of aryl methyl sites for hydroxylation is 1. The van der Waals surface area contributed by atoms with Crippen LogP contribution in [0.4, 0.5) is 0 Å². The van der Waals surface area contributed by atoms with Crippen LogP contribution in [0, 0.1) is 0 Å². The lowest BCUT2D eigenvalue weighted by molar-refractivity contribution is -0.132. The Morgan fingerprint density at radius 1 is 1.47 bits per heavy atom. The number of fused-ring (bicyclic) bond motifs is 1. The summed E-state index contributed by atoms with van der Waals surface area (Å²) >= 11 is 0. The highest BCUT2D eigenvalue weighted by molar-refractivity contribution is 5.86. The first kappa shape index (κ1) is 9.71. The summed E-state index contributed by atoms with van der Waals surface area (Å²) < 4.78 is 6.84. The van der Waals surface area contributed by atoms with Gasteiger partial charge in [-0.2, -0.15) is 5.10 Å². The lowest BCUT2D eigenvalue weighted by Crippen LogP contribution is -2.07. The molecule has 0 unspecified atom stereocenters. The third-order valence-corrected chi connectivity index (χ3v) is 2.14. The van der Waals surface area contributed by atoms with Crippen LogP contribution in [-0.2, 0) is 11.3 Å². The minimum Gasteiger partial charge on any atom is -0.407 e. The molecule has 78 valence electrons. The lowest BCUT2D eigenvalue weighted by atomic mass is 10.2. The zero-order valence-corrected chi connectivity index (χ0v) is 8.73. The minimum atomic E-state index is -0.324. The average Bonchev–Trinajstić information content (AvgIpc) is 2.56. The van der Waals surface area contributed by atoms with E-state index in [9.17, 15) is 4.79 Å². The van der Waals surface area contributed by atoms with Crippen molar-refractivity contribution < 1.29 is 9.53 Å². The molecule has 0 aliphatic rings. The van der Waals surface area contributed by atoms with Gasteiger partial charge in [0.25, 0.3) is 0 Å². The molecular formula is C11H12N2O2. The Hall–Kier alpha value is -1.84. The number of rotatable bonds is 2. The van der Waals surface area contributed by atoms with Gasteiger partial charge in [0.15, 0.2) is 0 Å². The molecule has 0 atom stereocenters. The van der Waals surface area contributed by atoms with E-state index in [0.717, 1.165) is 10.9 Å². The van der Waals surface area contributed by atoms with Gasteiger partial charge in [-0.05, 0) is 19.1 Å². The SMILES string of the molecule is CCn1nc2ccccc2c1OC(C)=O. The van der Waals surface area contributed by atoms with Crippen molar-refractivity contribution in [3.05, 3.63) is 24.3 Å². The summed E-state index contributed by atoms with van der Waals surface area (Å²) in [7, 11) is 0. The van der Waals surface area contributed by atoms with Crippen LogP contribution < -0.4 is 4.74 Å². The summed E-state index contributed by atoms with van der Waals surface area (Å²) in [6.07, 6.45) is 0. The van der Waals surface area contributed by atoms with Gasteiger partial charge in [-0.25, -0.2) is 4.68 Å². The van der Waals surface area contributed by atoms with Crippen LogP contribution in [-0.4, -0.2) is 15.7 Å². The second-order valence-corrected chi connectivity index (χ2v) is 3.23. The Labute approximate surface area is 87.5 Å². The fourth-order valence-electron chi connectivity index (χ4n) is 1.51. The molecule has 0 saturated heterocycles. The van der Waals surface area contributed by atoms with E-state index in [4.69, 9.17) is 4.74 Å². The van der Waals surface area contributed by atoms with Crippen LogP contribution in [0.25, 0.3) is 10.9 Å². The van der Waals surface area contributed by atoms with E-state index in [1.807, 2.05) is 31.2 Å². The number of ether oxygens (including phenoxy) is 1. The molecule has 0 radical (unpaired) electrons. The van der Waals surface area contributed by atoms with Crippen LogP contribution in [0.5, 0.6) is 5.88 Å². The highest BCUT2D eigenvalue weighted by atomic mass is 16.5. The van der Waals surface area contributed by atoms with Gasteiger partial charge in [-0.3, -0.25) is 4.79 Å². The van der Waals surface area contributed by atoms with Crippen molar-refractivity contribution in [1.29, 1.82) is 0 Å². The van der Waals surface area contributed by atoms with Crippen LogP contribution >= 0.6 is 0 Å². The molecule has 0 saturated carbocycles. The van der Waals surface area contributed by atoms with Crippen molar-refractivity contribution >= 4 is 16.9 Å². The van der Waals surface area contributed by atoms with Gasteiger partial charge in [0, 0.05) is 13.5 Å². The molecule has 1 heterocycles. The molecule has 0 N–H and O–H groups in total. The molecule has 2 aromatic rings. The van der Waals surface area contributed by atoms with Crippen molar-refractivity contribution in [1.82, 2.24) is 9.78 Å². The number of hydrogen-bond donors (Lipinski definition) is 0. The van der Waals surface area contributed by atoms with Gasteiger partial charge < -0.3 is 4.74 Å². The molecule has 4 heteroatoms.